The van der Waals surface area contributed by atoms with Gasteiger partial charge in [-0.2, -0.15) is 0 Å². The van der Waals surface area contributed by atoms with Crippen LogP contribution in [0.5, 0.6) is 5.75 Å². The van der Waals surface area contributed by atoms with Crippen molar-refractivity contribution in [3.63, 3.8) is 0 Å². The molecule has 0 aliphatic carbocycles. The SMILES string of the molecule is COC(=O)c1cc(NC(=O)Nc2ccccc2)ccc1OC(C)c1ccccc1. The van der Waals surface area contributed by atoms with Gasteiger partial charge in [0.15, 0.2) is 0 Å². The number of ether oxygens (including phenoxy) is 2. The second kappa shape index (κ2) is 9.41. The normalized spacial score (nSPS) is 11.2. The number of benzene rings is 3. The fourth-order valence-electron chi connectivity index (χ4n) is 2.78. The second-order valence-corrected chi connectivity index (χ2v) is 6.32. The third kappa shape index (κ3) is 5.35. The minimum Gasteiger partial charge on any atom is -0.485 e. The van der Waals surface area contributed by atoms with E-state index in [0.29, 0.717) is 17.1 Å². The summed E-state index contributed by atoms with van der Waals surface area (Å²) >= 11 is 0. The first-order valence-corrected chi connectivity index (χ1v) is 9.14. The summed E-state index contributed by atoms with van der Waals surface area (Å²) in [5, 5.41) is 5.43. The molecule has 0 saturated heterocycles. The van der Waals surface area contributed by atoms with E-state index < -0.39 is 12.0 Å². The fraction of sp³-hybridized carbons (Fsp3) is 0.130. The largest absolute Gasteiger partial charge is 0.485 e. The van der Waals surface area contributed by atoms with Crippen LogP contribution in [0.2, 0.25) is 0 Å². The number of methoxy groups -OCH3 is 1. The minimum atomic E-state index is -0.549. The van der Waals surface area contributed by atoms with Crippen LogP contribution in [-0.4, -0.2) is 19.1 Å². The molecule has 0 heterocycles. The monoisotopic (exact) mass is 390 g/mol. The van der Waals surface area contributed by atoms with E-state index in [4.69, 9.17) is 9.47 Å². The maximum Gasteiger partial charge on any atom is 0.341 e. The number of urea groups is 1. The molecule has 0 aliphatic heterocycles. The summed E-state index contributed by atoms with van der Waals surface area (Å²) in [6, 6.07) is 23.2. The van der Waals surface area contributed by atoms with Gasteiger partial charge < -0.3 is 20.1 Å². The lowest BCUT2D eigenvalue weighted by atomic mass is 10.1. The molecule has 148 valence electrons. The molecule has 0 spiro atoms. The standard InChI is InChI=1S/C23H22N2O4/c1-16(17-9-5-3-6-10-17)29-21-14-13-19(15-20(21)22(26)28-2)25-23(27)24-18-11-7-4-8-12-18/h3-16H,1-2H3,(H2,24,25,27). The van der Waals surface area contributed by atoms with Gasteiger partial charge in [-0.15, -0.1) is 0 Å². The molecule has 1 atom stereocenters. The molecule has 0 aliphatic rings. The third-order valence-electron chi connectivity index (χ3n) is 4.25. The van der Waals surface area contributed by atoms with Gasteiger partial charge >= 0.3 is 12.0 Å². The summed E-state index contributed by atoms with van der Waals surface area (Å²) in [5.41, 5.74) is 2.31. The zero-order chi connectivity index (χ0) is 20.6. The third-order valence-corrected chi connectivity index (χ3v) is 4.25. The first kappa shape index (κ1) is 19.9. The van der Waals surface area contributed by atoms with Gasteiger partial charge in [-0.05, 0) is 42.8 Å². The molecule has 29 heavy (non-hydrogen) atoms. The van der Waals surface area contributed by atoms with Crippen molar-refractivity contribution in [1.29, 1.82) is 0 Å². The van der Waals surface area contributed by atoms with Gasteiger partial charge in [-0.1, -0.05) is 48.5 Å². The van der Waals surface area contributed by atoms with E-state index in [1.165, 1.54) is 13.2 Å². The molecule has 3 aromatic carbocycles. The molecule has 6 nitrogen and oxygen atoms in total. The molecular weight excluding hydrogens is 368 g/mol. The van der Waals surface area contributed by atoms with E-state index in [1.54, 1.807) is 24.3 Å². The molecular formula is C23H22N2O4. The Hall–Kier alpha value is -3.80. The number of amides is 2. The lowest BCUT2D eigenvalue weighted by Gasteiger charge is -2.18. The molecule has 0 radical (unpaired) electrons. The van der Waals surface area contributed by atoms with Crippen molar-refractivity contribution >= 4 is 23.4 Å². The number of hydrogen-bond acceptors (Lipinski definition) is 4. The summed E-state index contributed by atoms with van der Waals surface area (Å²) in [6.07, 6.45) is -0.264. The maximum atomic E-state index is 12.3. The predicted octanol–water partition coefficient (Wildman–Crippen LogP) is 5.26. The average molecular weight is 390 g/mol. The predicted molar refractivity (Wildman–Crippen MR) is 112 cm³/mol. The van der Waals surface area contributed by atoms with Crippen LogP contribution in [-0.2, 0) is 4.74 Å². The van der Waals surface area contributed by atoms with Crippen molar-refractivity contribution in [2.45, 2.75) is 13.0 Å². The van der Waals surface area contributed by atoms with Crippen LogP contribution in [0.4, 0.5) is 16.2 Å². The van der Waals surface area contributed by atoms with Gasteiger partial charge in [0.1, 0.15) is 17.4 Å². The number of rotatable bonds is 6. The van der Waals surface area contributed by atoms with Crippen molar-refractivity contribution in [3.05, 3.63) is 90.0 Å². The molecule has 0 saturated carbocycles. The first-order valence-electron chi connectivity index (χ1n) is 9.14. The van der Waals surface area contributed by atoms with Crippen molar-refractivity contribution in [3.8, 4) is 5.75 Å². The Morgan fingerprint density at radius 2 is 1.45 bits per heavy atom. The first-order chi connectivity index (χ1) is 14.1. The summed E-state index contributed by atoms with van der Waals surface area (Å²) in [5.74, 6) is -0.172. The zero-order valence-corrected chi connectivity index (χ0v) is 16.2. The van der Waals surface area contributed by atoms with Gasteiger partial charge in [0.2, 0.25) is 0 Å². The van der Waals surface area contributed by atoms with Crippen LogP contribution >= 0.6 is 0 Å². The Balaban J connectivity index is 1.77. The highest BCUT2D eigenvalue weighted by atomic mass is 16.5. The van der Waals surface area contributed by atoms with Crippen molar-refractivity contribution < 1.29 is 19.1 Å². The fourth-order valence-corrected chi connectivity index (χ4v) is 2.78. The van der Waals surface area contributed by atoms with Gasteiger partial charge in [-0.25, -0.2) is 9.59 Å². The number of carbonyl (C=O) groups excluding carboxylic acids is 2. The van der Waals surface area contributed by atoms with Gasteiger partial charge in [-0.3, -0.25) is 0 Å². The maximum absolute atomic E-state index is 12.3. The molecule has 3 aromatic rings. The number of para-hydroxylation sites is 1. The summed E-state index contributed by atoms with van der Waals surface area (Å²) < 4.78 is 10.9. The van der Waals surface area contributed by atoms with Crippen LogP contribution in [0.1, 0.15) is 28.9 Å². The lowest BCUT2D eigenvalue weighted by Crippen LogP contribution is -2.19. The zero-order valence-electron chi connectivity index (χ0n) is 16.2. The van der Waals surface area contributed by atoms with Gasteiger partial charge in [0, 0.05) is 11.4 Å². The minimum absolute atomic E-state index is 0.229. The summed E-state index contributed by atoms with van der Waals surface area (Å²) in [7, 11) is 1.30. The average Bonchev–Trinajstić information content (AvgIpc) is 2.75. The van der Waals surface area contributed by atoms with Gasteiger partial charge in [0.05, 0.1) is 7.11 Å². The Kier molecular flexibility index (Phi) is 6.47. The highest BCUT2D eigenvalue weighted by Gasteiger charge is 2.18. The molecule has 2 N–H and O–H groups in total. The van der Waals surface area contributed by atoms with Crippen LogP contribution < -0.4 is 15.4 Å². The molecule has 0 aromatic heterocycles. The molecule has 2 amide bonds. The molecule has 0 bridgehead atoms. The topological polar surface area (TPSA) is 76.7 Å². The number of esters is 1. The Labute approximate surface area is 169 Å². The quantitative estimate of drug-likeness (QED) is 0.563. The highest BCUT2D eigenvalue weighted by Crippen LogP contribution is 2.28. The van der Waals surface area contributed by atoms with E-state index in [1.807, 2.05) is 55.5 Å². The Morgan fingerprint density at radius 1 is 0.828 bits per heavy atom. The lowest BCUT2D eigenvalue weighted by molar-refractivity contribution is 0.0593. The van der Waals surface area contributed by atoms with Gasteiger partial charge in [0.25, 0.3) is 0 Å². The summed E-state index contributed by atoms with van der Waals surface area (Å²) in [6.45, 7) is 1.90. The van der Waals surface area contributed by atoms with E-state index in [9.17, 15) is 9.59 Å². The van der Waals surface area contributed by atoms with Crippen molar-refractivity contribution in [2.75, 3.05) is 17.7 Å². The van der Waals surface area contributed by atoms with Crippen LogP contribution in [0.25, 0.3) is 0 Å². The van der Waals surface area contributed by atoms with Crippen molar-refractivity contribution in [1.82, 2.24) is 0 Å². The Morgan fingerprint density at radius 3 is 2.10 bits per heavy atom. The second-order valence-electron chi connectivity index (χ2n) is 6.32. The van der Waals surface area contributed by atoms with Crippen LogP contribution in [0, 0.1) is 0 Å². The van der Waals surface area contributed by atoms with Crippen molar-refractivity contribution in [2.24, 2.45) is 0 Å². The number of nitrogens with one attached hydrogen (secondary N) is 2. The number of carbonyl (C=O) groups is 2. The summed E-state index contributed by atoms with van der Waals surface area (Å²) in [4.78, 5) is 24.5. The smallest absolute Gasteiger partial charge is 0.341 e. The van der Waals surface area contributed by atoms with E-state index in [2.05, 4.69) is 10.6 Å². The molecule has 0 fully saturated rings. The molecule has 1 unspecified atom stereocenters. The number of hydrogen-bond donors (Lipinski definition) is 2. The number of anilines is 2. The Bertz CT molecular complexity index is 975. The highest BCUT2D eigenvalue weighted by molar-refractivity contribution is 6.01. The van der Waals surface area contributed by atoms with E-state index in [0.717, 1.165) is 5.56 Å². The molecule has 3 rings (SSSR count). The van der Waals surface area contributed by atoms with E-state index >= 15 is 0 Å². The van der Waals surface area contributed by atoms with Crippen LogP contribution in [0.3, 0.4) is 0 Å². The molecule has 6 heteroatoms. The van der Waals surface area contributed by atoms with E-state index in [-0.39, 0.29) is 11.7 Å². The van der Waals surface area contributed by atoms with Crippen LogP contribution in [0.15, 0.2) is 78.9 Å².